The van der Waals surface area contributed by atoms with Crippen molar-refractivity contribution in [2.45, 2.75) is 154 Å². The van der Waals surface area contributed by atoms with E-state index in [-0.39, 0.29) is 0 Å². The summed E-state index contributed by atoms with van der Waals surface area (Å²) in [5.74, 6) is 0. The molecule has 24 heteroatoms. The third-order valence-electron chi connectivity index (χ3n) is 9.90. The maximum atomic E-state index is 11.0. The number of aliphatic hydroxyl groups is 15. The monoisotopic (exact) mass is 782 g/mol. The smallest absolute Gasteiger partial charge is 0.187 e. The van der Waals surface area contributed by atoms with Crippen LogP contribution in [0.4, 0.5) is 0 Å². The van der Waals surface area contributed by atoms with E-state index in [1.54, 1.807) is 0 Å². The van der Waals surface area contributed by atoms with E-state index in [9.17, 15) is 76.6 Å². The fourth-order valence-electron chi connectivity index (χ4n) is 6.70. The minimum atomic E-state index is -2.03. The summed E-state index contributed by atoms with van der Waals surface area (Å²) in [7, 11) is 0. The zero-order chi connectivity index (χ0) is 39.0. The molecule has 5 aliphatic rings. The van der Waals surface area contributed by atoms with Gasteiger partial charge in [0.2, 0.25) is 0 Å². The minimum absolute atomic E-state index is 0.520. The first-order valence-electron chi connectivity index (χ1n) is 16.9. The molecule has 0 radical (unpaired) electrons. The van der Waals surface area contributed by atoms with Gasteiger partial charge in [0.15, 0.2) is 31.5 Å². The van der Waals surface area contributed by atoms with Crippen molar-refractivity contribution in [1.82, 2.24) is 0 Å². The van der Waals surface area contributed by atoms with E-state index >= 15 is 0 Å². The van der Waals surface area contributed by atoms with Crippen LogP contribution in [-0.4, -0.2) is 250 Å². The molecule has 5 saturated heterocycles. The van der Waals surface area contributed by atoms with E-state index in [2.05, 4.69) is 0 Å². The predicted octanol–water partition coefficient (Wildman–Crippen LogP) is -10.3. The summed E-state index contributed by atoms with van der Waals surface area (Å²) in [6, 6.07) is 0. The van der Waals surface area contributed by atoms with Crippen molar-refractivity contribution in [2.24, 2.45) is 0 Å². The van der Waals surface area contributed by atoms with E-state index in [0.29, 0.717) is 0 Å². The second-order valence-corrected chi connectivity index (χ2v) is 13.5. The minimum Gasteiger partial charge on any atom is -0.394 e. The van der Waals surface area contributed by atoms with Crippen LogP contribution in [0.1, 0.15) is 6.92 Å². The van der Waals surface area contributed by atoms with Crippen LogP contribution in [0.3, 0.4) is 0 Å². The van der Waals surface area contributed by atoms with Gasteiger partial charge in [0.25, 0.3) is 0 Å². The summed E-state index contributed by atoms with van der Waals surface area (Å²) in [4.78, 5) is 0. The molecule has 0 bridgehead atoms. The van der Waals surface area contributed by atoms with Crippen LogP contribution in [-0.2, 0) is 42.6 Å². The Balaban J connectivity index is 1.18. The topological polar surface area (TPSA) is 387 Å². The number of hydrogen-bond acceptors (Lipinski definition) is 24. The molecule has 0 saturated carbocycles. The van der Waals surface area contributed by atoms with E-state index in [1.807, 2.05) is 0 Å². The highest BCUT2D eigenvalue weighted by Crippen LogP contribution is 2.34. The molecule has 24 atom stereocenters. The fourth-order valence-corrected chi connectivity index (χ4v) is 6.70. The highest BCUT2D eigenvalue weighted by Gasteiger charge is 2.55. The van der Waals surface area contributed by atoms with E-state index in [1.165, 1.54) is 6.92 Å². The molecule has 0 aromatic rings. The van der Waals surface area contributed by atoms with Crippen molar-refractivity contribution in [2.75, 3.05) is 26.4 Å². The molecule has 0 aromatic carbocycles. The quantitative estimate of drug-likeness (QED) is 0.0925. The largest absolute Gasteiger partial charge is 0.394 e. The van der Waals surface area contributed by atoms with Crippen molar-refractivity contribution in [1.29, 1.82) is 0 Å². The van der Waals surface area contributed by atoms with Gasteiger partial charge in [0, 0.05) is 0 Å². The molecule has 5 aliphatic heterocycles. The molecule has 53 heavy (non-hydrogen) atoms. The van der Waals surface area contributed by atoms with Gasteiger partial charge in [-0.15, -0.1) is 0 Å². The van der Waals surface area contributed by atoms with Gasteiger partial charge >= 0.3 is 0 Å². The van der Waals surface area contributed by atoms with Gasteiger partial charge in [-0.25, -0.2) is 0 Å². The van der Waals surface area contributed by atoms with Gasteiger partial charge in [-0.2, -0.15) is 0 Å². The van der Waals surface area contributed by atoms with Crippen LogP contribution in [0.5, 0.6) is 0 Å². The summed E-state index contributed by atoms with van der Waals surface area (Å²) >= 11 is 0. The maximum absolute atomic E-state index is 11.0. The summed E-state index contributed by atoms with van der Waals surface area (Å²) in [5, 5.41) is 155. The van der Waals surface area contributed by atoms with Gasteiger partial charge < -0.3 is 119 Å². The van der Waals surface area contributed by atoms with Gasteiger partial charge in [0.1, 0.15) is 110 Å². The average Bonchev–Trinajstić information content (AvgIpc) is 3.14. The molecule has 0 spiro atoms. The lowest BCUT2D eigenvalue weighted by Gasteiger charge is -2.48. The Hall–Kier alpha value is -0.960. The van der Waals surface area contributed by atoms with Crippen LogP contribution in [0.2, 0.25) is 0 Å². The lowest BCUT2D eigenvalue weighted by molar-refractivity contribution is -0.386. The number of rotatable bonds is 11. The summed E-state index contributed by atoms with van der Waals surface area (Å²) in [6.07, 6.45) is -40.8. The molecule has 15 N–H and O–H groups in total. The van der Waals surface area contributed by atoms with E-state index < -0.39 is 174 Å². The van der Waals surface area contributed by atoms with Gasteiger partial charge in [-0.1, -0.05) is 0 Å². The molecule has 0 aliphatic carbocycles. The summed E-state index contributed by atoms with van der Waals surface area (Å²) in [6.45, 7) is -1.71. The molecule has 0 unspecified atom stereocenters. The van der Waals surface area contributed by atoms with Gasteiger partial charge in [-0.3, -0.25) is 0 Å². The lowest BCUT2D eigenvalue weighted by Crippen LogP contribution is -2.67. The fraction of sp³-hybridized carbons (Fsp3) is 1.00. The van der Waals surface area contributed by atoms with E-state index in [0.717, 1.165) is 0 Å². The second-order valence-electron chi connectivity index (χ2n) is 13.5. The first kappa shape index (κ1) is 43.2. The zero-order valence-electron chi connectivity index (χ0n) is 28.1. The number of hydrogen-bond donors (Lipinski definition) is 15. The van der Waals surface area contributed by atoms with Crippen molar-refractivity contribution >= 4 is 0 Å². The van der Waals surface area contributed by atoms with Crippen molar-refractivity contribution in [3.05, 3.63) is 0 Å². The van der Waals surface area contributed by atoms with Crippen LogP contribution < -0.4 is 0 Å². The average molecular weight is 783 g/mol. The molecular weight excluding hydrogens is 732 g/mol. The van der Waals surface area contributed by atoms with Crippen molar-refractivity contribution in [3.8, 4) is 0 Å². The number of aliphatic hydroxyl groups excluding tert-OH is 15. The van der Waals surface area contributed by atoms with Crippen LogP contribution in [0.15, 0.2) is 0 Å². The third-order valence-corrected chi connectivity index (χ3v) is 9.90. The lowest BCUT2D eigenvalue weighted by atomic mass is 9.96. The highest BCUT2D eigenvalue weighted by molar-refractivity contribution is 4.97. The van der Waals surface area contributed by atoms with Crippen LogP contribution in [0.25, 0.3) is 0 Å². The molecule has 0 amide bonds. The summed E-state index contributed by atoms with van der Waals surface area (Å²) in [5.41, 5.74) is 0. The molecule has 5 rings (SSSR count). The van der Waals surface area contributed by atoms with Gasteiger partial charge in [0.05, 0.1) is 32.5 Å². The normalized spacial score (nSPS) is 54.1. The zero-order valence-corrected chi connectivity index (χ0v) is 28.1. The third kappa shape index (κ3) is 8.81. The molecule has 24 nitrogen and oxygen atoms in total. The molecule has 5 heterocycles. The Labute approximate surface area is 300 Å². The van der Waals surface area contributed by atoms with Crippen LogP contribution >= 0.6 is 0 Å². The molecule has 5 fully saturated rings. The van der Waals surface area contributed by atoms with Crippen molar-refractivity contribution < 1.29 is 119 Å². The first-order valence-corrected chi connectivity index (χ1v) is 16.9. The Morgan fingerprint density at radius 3 is 1.34 bits per heavy atom. The second kappa shape index (κ2) is 18.1. The molecule has 0 aromatic heterocycles. The Kier molecular flexibility index (Phi) is 14.7. The Morgan fingerprint density at radius 2 is 0.830 bits per heavy atom. The van der Waals surface area contributed by atoms with E-state index in [4.69, 9.17) is 42.6 Å². The SMILES string of the molecule is C[C@@H]1O[C@H](O)[C@H](O)[C@H](O)[C@H]1O[C@@H]1OC[C@@H](O[C@H]2O[C@@H](CO)[C@H](O[C@@H]3O[C@H](CO)[C@@H](O[C@@H]4O[C@H](CO)[C@H](O)[C@@H](O)[C@@H]4O)[C@H](O)[C@@H]3O)[C@@H](O)[C@@H]2O)[C@H](O)[C@@H]1O. The maximum Gasteiger partial charge on any atom is 0.187 e. The first-order chi connectivity index (χ1) is 25.0. The van der Waals surface area contributed by atoms with Crippen LogP contribution in [0, 0.1) is 0 Å². The molecule has 310 valence electrons. The Morgan fingerprint density at radius 1 is 0.415 bits per heavy atom. The van der Waals surface area contributed by atoms with Gasteiger partial charge in [-0.05, 0) is 6.92 Å². The standard InChI is InChI=1S/C29H50O24/c1-6-22(14(36)17(39)25(44)46-6)51-26-18(40)12(34)10(5-45-26)50-27-20(42)15(37)23(8(3-31)48-27)53-29-21(43)16(38)24(9(4-32)49-29)52-28-19(41)13(35)11(33)7(2-30)47-28/h6-44H,2-5H2,1H3/t6-,7+,8-,9+,10+,11-,12-,13+,14-,15-,16+,17+,18-,19-,20-,21-,22-,23-,24+,25-,26-,27+,28-,29-/m0/s1. The highest BCUT2D eigenvalue weighted by atomic mass is 16.8. The summed E-state index contributed by atoms with van der Waals surface area (Å²) < 4.78 is 49.1. The molecular formula is C29H50O24. The Bertz CT molecular complexity index is 1140. The van der Waals surface area contributed by atoms with Crippen molar-refractivity contribution in [3.63, 3.8) is 0 Å². The number of ether oxygens (including phenoxy) is 9. The predicted molar refractivity (Wildman–Crippen MR) is 159 cm³/mol.